The fourth-order valence-electron chi connectivity index (χ4n) is 2.74. The second kappa shape index (κ2) is 14.5. The summed E-state index contributed by atoms with van der Waals surface area (Å²) in [5, 5.41) is 16.0. The van der Waals surface area contributed by atoms with Crippen molar-refractivity contribution in [3.05, 3.63) is 33.8 Å². The third-order valence-electron chi connectivity index (χ3n) is 4.32. The molecule has 0 aromatic heterocycles. The topological polar surface area (TPSA) is 129 Å². The average molecular weight is 508 g/mol. The van der Waals surface area contributed by atoms with Gasteiger partial charge in [0.15, 0.2) is 5.96 Å². The summed E-state index contributed by atoms with van der Waals surface area (Å²) in [5.41, 5.74) is 6.44. The zero-order valence-electron chi connectivity index (χ0n) is 18.4. The lowest BCUT2D eigenvalue weighted by atomic mass is 10.0. The van der Waals surface area contributed by atoms with Crippen molar-refractivity contribution in [2.75, 3.05) is 6.54 Å². The molecule has 0 spiro atoms. The molecular weight excluding hydrogens is 478 g/mol. The Hall–Kier alpha value is -1.61. The van der Waals surface area contributed by atoms with Crippen LogP contribution in [0.4, 0.5) is 4.20 Å². The van der Waals surface area contributed by atoms with E-state index in [-0.39, 0.29) is 18.5 Å². The Morgan fingerprint density at radius 3 is 2.50 bits per heavy atom. The molecule has 1 aromatic carbocycles. The molecule has 0 radical (unpaired) electrons. The van der Waals surface area contributed by atoms with E-state index in [1.54, 1.807) is 18.2 Å². The average Bonchev–Trinajstić information content (AvgIpc) is 2.69. The molecule has 0 aliphatic carbocycles. The number of nitrogens with two attached hydrogens (primary N) is 1. The number of nitrogens with one attached hydrogen (secondary N) is 4. The third-order valence-corrected chi connectivity index (χ3v) is 5.56. The van der Waals surface area contributed by atoms with Crippen LogP contribution in [0.2, 0.25) is 10.0 Å². The number of hydrogen-bond donors (Lipinski definition) is 5. The van der Waals surface area contributed by atoms with Gasteiger partial charge in [0.05, 0.1) is 6.04 Å². The Balaban J connectivity index is 2.57. The smallest absolute Gasteiger partial charge is 0.328 e. The number of rotatable bonds is 12. The molecule has 1 rings (SSSR count). The first-order chi connectivity index (χ1) is 15.0. The highest BCUT2D eigenvalue weighted by molar-refractivity contribution is 7.76. The number of benzene rings is 1. The van der Waals surface area contributed by atoms with Crippen LogP contribution in [0, 0.1) is 11.3 Å². The molecule has 0 saturated carbocycles. The second-order valence-corrected chi connectivity index (χ2v) is 9.63. The highest BCUT2D eigenvalue weighted by Crippen LogP contribution is 2.25. The zero-order valence-corrected chi connectivity index (χ0v) is 20.8. The molecule has 0 bridgehead atoms. The van der Waals surface area contributed by atoms with Crippen LogP contribution < -0.4 is 21.5 Å². The monoisotopic (exact) mass is 507 g/mol. The van der Waals surface area contributed by atoms with Crippen LogP contribution in [-0.4, -0.2) is 44.0 Å². The van der Waals surface area contributed by atoms with Crippen molar-refractivity contribution >= 4 is 56.9 Å². The number of esters is 1. The summed E-state index contributed by atoms with van der Waals surface area (Å²) >= 11 is 12.2. The predicted octanol–water partition coefficient (Wildman–Crippen LogP) is 2.62. The molecule has 0 aliphatic rings. The van der Waals surface area contributed by atoms with E-state index >= 15 is 0 Å². The van der Waals surface area contributed by atoms with Crippen molar-refractivity contribution < 1.29 is 18.5 Å². The molecule has 1 unspecified atom stereocenters. The molecule has 0 aliphatic heterocycles. The minimum atomic E-state index is -1.91. The number of halogens is 3. The first-order valence-electron chi connectivity index (χ1n) is 10.1. The minimum absolute atomic E-state index is 0.113. The number of hydrogen-bond acceptors (Lipinski definition) is 5. The molecule has 178 valence electrons. The van der Waals surface area contributed by atoms with E-state index in [0.717, 1.165) is 0 Å². The maximum absolute atomic E-state index is 12.8. The summed E-state index contributed by atoms with van der Waals surface area (Å²) in [5.74, 6) is -1.07. The summed E-state index contributed by atoms with van der Waals surface area (Å²) in [7, 11) is -0.573. The lowest BCUT2D eigenvalue weighted by Gasteiger charge is -2.22. The molecule has 0 saturated heterocycles. The Morgan fingerprint density at radius 1 is 1.31 bits per heavy atom. The summed E-state index contributed by atoms with van der Waals surface area (Å²) in [6.07, 6.45) is 1.18. The van der Waals surface area contributed by atoms with Gasteiger partial charge in [0.1, 0.15) is 20.9 Å². The quantitative estimate of drug-likeness (QED) is 0.0738. The molecule has 6 N–H and O–H groups in total. The SMILES string of the molecule is BP(F)NC(=N)NCCC[C@@H](N)C(=O)N[C@@H](CC(C)C)C(=O)OCc1c(Cl)cccc1Cl. The van der Waals surface area contributed by atoms with E-state index in [0.29, 0.717) is 41.4 Å². The normalized spacial score (nSPS) is 13.7. The molecule has 32 heavy (non-hydrogen) atoms. The van der Waals surface area contributed by atoms with Crippen LogP contribution in [0.5, 0.6) is 0 Å². The largest absolute Gasteiger partial charge is 0.459 e. The third kappa shape index (κ3) is 10.8. The van der Waals surface area contributed by atoms with Gasteiger partial charge in [0.25, 0.3) is 0 Å². The van der Waals surface area contributed by atoms with Gasteiger partial charge in [-0.3, -0.25) is 10.2 Å². The minimum Gasteiger partial charge on any atom is -0.459 e. The maximum Gasteiger partial charge on any atom is 0.328 e. The summed E-state index contributed by atoms with van der Waals surface area (Å²) < 4.78 is 18.2. The summed E-state index contributed by atoms with van der Waals surface area (Å²) in [6.45, 7) is 4.08. The van der Waals surface area contributed by atoms with Crippen molar-refractivity contribution in [3.63, 3.8) is 0 Å². The standard InChI is InChI=1S/C19H30BCl2FN5O3P/c1-11(2)9-16(18(30)31-10-12-13(21)5-3-6-14(12)22)27-17(29)15(24)7-4-8-26-19(25)28-32(20)23/h3,5-6,11,15-16H,4,7-10,20,24H2,1-2H3,(H,27,29)(H3,25,26,28)/t15-,16+,32?/m1/s1. The molecular formula is C19H30BCl2FN5O3P. The number of amides is 1. The van der Waals surface area contributed by atoms with E-state index in [4.69, 9.17) is 39.1 Å². The van der Waals surface area contributed by atoms with Gasteiger partial charge in [-0.05, 0) is 37.3 Å². The van der Waals surface area contributed by atoms with Crippen LogP contribution >= 0.6 is 31.5 Å². The van der Waals surface area contributed by atoms with Gasteiger partial charge in [-0.1, -0.05) is 43.1 Å². The predicted molar refractivity (Wildman–Crippen MR) is 130 cm³/mol. The van der Waals surface area contributed by atoms with Crippen LogP contribution in [-0.2, 0) is 20.9 Å². The fraction of sp³-hybridized carbons (Fsp3) is 0.526. The molecule has 13 heteroatoms. The number of guanidine groups is 1. The van der Waals surface area contributed by atoms with Crippen LogP contribution in [0.15, 0.2) is 18.2 Å². The van der Waals surface area contributed by atoms with Crippen LogP contribution in [0.1, 0.15) is 38.7 Å². The van der Waals surface area contributed by atoms with E-state index in [2.05, 4.69) is 15.7 Å². The van der Waals surface area contributed by atoms with Gasteiger partial charge >= 0.3 is 5.97 Å². The Morgan fingerprint density at radius 2 is 1.94 bits per heavy atom. The molecule has 1 amide bonds. The highest BCUT2D eigenvalue weighted by atomic mass is 35.5. The number of carbonyl (C=O) groups is 2. The molecule has 8 nitrogen and oxygen atoms in total. The van der Waals surface area contributed by atoms with Gasteiger partial charge < -0.3 is 26.2 Å². The van der Waals surface area contributed by atoms with Gasteiger partial charge in [0, 0.05) is 22.2 Å². The van der Waals surface area contributed by atoms with Crippen molar-refractivity contribution in [2.45, 2.75) is 51.8 Å². The Kier molecular flexibility index (Phi) is 12.9. The van der Waals surface area contributed by atoms with Gasteiger partial charge in [0.2, 0.25) is 13.5 Å². The number of carbonyl (C=O) groups excluding carboxylic acids is 2. The highest BCUT2D eigenvalue weighted by Gasteiger charge is 2.26. The lowest BCUT2D eigenvalue weighted by Crippen LogP contribution is -2.49. The van der Waals surface area contributed by atoms with E-state index in [1.165, 1.54) is 7.57 Å². The molecule has 0 heterocycles. The Labute approximate surface area is 200 Å². The first-order valence-corrected chi connectivity index (χ1v) is 12.6. The summed E-state index contributed by atoms with van der Waals surface area (Å²) in [6, 6.07) is 3.28. The van der Waals surface area contributed by atoms with Gasteiger partial charge in [-0.15, -0.1) is 0 Å². The van der Waals surface area contributed by atoms with Gasteiger partial charge in [-0.25, -0.2) is 8.99 Å². The molecule has 1 aromatic rings. The zero-order chi connectivity index (χ0) is 24.3. The molecule has 0 fully saturated rings. The van der Waals surface area contributed by atoms with E-state index in [9.17, 15) is 13.8 Å². The first kappa shape index (κ1) is 28.4. The molecule has 3 atom stereocenters. The van der Waals surface area contributed by atoms with E-state index < -0.39 is 32.2 Å². The van der Waals surface area contributed by atoms with Gasteiger partial charge in [-0.2, -0.15) is 0 Å². The Bertz CT molecular complexity index is 771. The second-order valence-electron chi connectivity index (χ2n) is 7.64. The summed E-state index contributed by atoms with van der Waals surface area (Å²) in [4.78, 5) is 25.1. The fourth-order valence-corrected chi connectivity index (χ4v) is 3.63. The van der Waals surface area contributed by atoms with Crippen LogP contribution in [0.3, 0.4) is 0 Å². The maximum atomic E-state index is 12.8. The van der Waals surface area contributed by atoms with Crippen molar-refractivity contribution in [1.82, 2.24) is 15.7 Å². The van der Waals surface area contributed by atoms with Crippen molar-refractivity contribution in [3.8, 4) is 0 Å². The van der Waals surface area contributed by atoms with E-state index in [1.807, 2.05) is 13.8 Å². The van der Waals surface area contributed by atoms with Crippen LogP contribution in [0.25, 0.3) is 0 Å². The lowest BCUT2D eigenvalue weighted by molar-refractivity contribution is -0.149. The van der Waals surface area contributed by atoms with Crippen molar-refractivity contribution in [1.29, 1.82) is 5.41 Å². The number of ether oxygens (including phenoxy) is 1. The van der Waals surface area contributed by atoms with Crippen molar-refractivity contribution in [2.24, 2.45) is 11.7 Å².